The Bertz CT molecular complexity index is 912. The molecule has 3 N–H and O–H groups in total. The number of carbonyl (C=O) groups is 2. The molecular formula is C23H36N4O4S. The molecule has 0 radical (unpaired) electrons. The topological polar surface area (TPSA) is 108 Å². The number of carbonyl (C=O) groups excluding carboxylic acids is 2. The van der Waals surface area contributed by atoms with Gasteiger partial charge in [0.05, 0.1) is 4.75 Å². The van der Waals surface area contributed by atoms with E-state index in [1.54, 1.807) is 49.9 Å². The molecule has 0 spiro atoms. The van der Waals surface area contributed by atoms with E-state index in [1.165, 1.54) is 6.42 Å². The Morgan fingerprint density at radius 1 is 0.969 bits per heavy atom. The Kier molecular flexibility index (Phi) is 7.82. The first-order chi connectivity index (χ1) is 15.0. The number of nitrogens with one attached hydrogen (secondary N) is 3. The van der Waals surface area contributed by atoms with Crippen LogP contribution in [-0.2, 0) is 10.0 Å². The van der Waals surface area contributed by atoms with Gasteiger partial charge < -0.3 is 15.5 Å². The second-order valence-corrected chi connectivity index (χ2v) is 12.3. The third-order valence-electron chi connectivity index (χ3n) is 6.23. The Morgan fingerprint density at radius 2 is 1.62 bits per heavy atom. The lowest BCUT2D eigenvalue weighted by Crippen LogP contribution is -2.50. The van der Waals surface area contributed by atoms with E-state index in [1.807, 2.05) is 0 Å². The zero-order valence-electron chi connectivity index (χ0n) is 19.3. The van der Waals surface area contributed by atoms with Crippen molar-refractivity contribution < 1.29 is 18.0 Å². The van der Waals surface area contributed by atoms with E-state index < -0.39 is 14.8 Å². The minimum absolute atomic E-state index is 0.111. The van der Waals surface area contributed by atoms with Crippen molar-refractivity contribution in [1.29, 1.82) is 0 Å². The van der Waals surface area contributed by atoms with Gasteiger partial charge in [-0.15, -0.1) is 0 Å². The smallest absolute Gasteiger partial charge is 0.321 e. The monoisotopic (exact) mass is 464 g/mol. The minimum atomic E-state index is -3.41. The van der Waals surface area contributed by atoms with Gasteiger partial charge in [-0.05, 0) is 64.7 Å². The number of likely N-dealkylation sites (tertiary alicyclic amines) is 1. The van der Waals surface area contributed by atoms with Crippen molar-refractivity contribution in [1.82, 2.24) is 14.9 Å². The van der Waals surface area contributed by atoms with E-state index >= 15 is 0 Å². The minimum Gasteiger partial charge on any atom is -0.349 e. The van der Waals surface area contributed by atoms with Gasteiger partial charge in [-0.1, -0.05) is 25.3 Å². The molecule has 1 heterocycles. The summed E-state index contributed by atoms with van der Waals surface area (Å²) in [6, 6.07) is 6.79. The second-order valence-electron chi connectivity index (χ2n) is 9.81. The number of sulfonamides is 1. The van der Waals surface area contributed by atoms with E-state index in [2.05, 4.69) is 15.4 Å². The molecule has 8 nitrogen and oxygen atoms in total. The third kappa shape index (κ3) is 6.45. The average molecular weight is 465 g/mol. The maximum atomic E-state index is 12.7. The molecule has 1 aromatic rings. The average Bonchev–Trinajstić information content (AvgIpc) is 2.74. The summed E-state index contributed by atoms with van der Waals surface area (Å²) in [4.78, 5) is 27.0. The number of piperidine rings is 1. The van der Waals surface area contributed by atoms with E-state index in [-0.39, 0.29) is 24.0 Å². The van der Waals surface area contributed by atoms with Crippen molar-refractivity contribution in [3.05, 3.63) is 29.8 Å². The molecule has 1 aliphatic heterocycles. The molecule has 178 valence electrons. The van der Waals surface area contributed by atoms with Crippen molar-refractivity contribution in [3.8, 4) is 0 Å². The quantitative estimate of drug-likeness (QED) is 0.620. The molecule has 0 atom stereocenters. The highest BCUT2D eigenvalue weighted by Crippen LogP contribution is 2.20. The summed E-state index contributed by atoms with van der Waals surface area (Å²) in [5.41, 5.74) is 1.10. The normalized spacial score (nSPS) is 18.9. The van der Waals surface area contributed by atoms with Crippen LogP contribution in [-0.4, -0.2) is 55.2 Å². The largest absolute Gasteiger partial charge is 0.349 e. The summed E-state index contributed by atoms with van der Waals surface area (Å²) in [6.07, 6.45) is 6.69. The molecule has 0 bridgehead atoms. The van der Waals surface area contributed by atoms with Gasteiger partial charge in [0.25, 0.3) is 5.91 Å². The first-order valence-electron chi connectivity index (χ1n) is 11.5. The summed E-state index contributed by atoms with van der Waals surface area (Å²) in [7, 11) is -3.41. The van der Waals surface area contributed by atoms with Crippen LogP contribution in [0.2, 0.25) is 0 Å². The van der Waals surface area contributed by atoms with Gasteiger partial charge in [0.1, 0.15) is 0 Å². The van der Waals surface area contributed by atoms with Gasteiger partial charge in [-0.2, -0.15) is 0 Å². The van der Waals surface area contributed by atoms with E-state index in [0.29, 0.717) is 37.2 Å². The lowest BCUT2D eigenvalue weighted by atomic mass is 9.95. The Morgan fingerprint density at radius 3 is 2.25 bits per heavy atom. The van der Waals surface area contributed by atoms with Crippen molar-refractivity contribution in [2.24, 2.45) is 0 Å². The van der Waals surface area contributed by atoms with Crippen molar-refractivity contribution in [2.75, 3.05) is 18.4 Å². The maximum absolute atomic E-state index is 12.7. The highest BCUT2D eigenvalue weighted by Gasteiger charge is 2.33. The molecule has 1 aromatic carbocycles. The fourth-order valence-electron chi connectivity index (χ4n) is 4.05. The number of amides is 3. The second kappa shape index (κ2) is 10.2. The third-order valence-corrected chi connectivity index (χ3v) is 8.48. The highest BCUT2D eigenvalue weighted by molar-refractivity contribution is 7.90. The molecule has 1 aliphatic carbocycles. The van der Waals surface area contributed by atoms with E-state index in [4.69, 9.17) is 0 Å². The Labute approximate surface area is 191 Å². The molecule has 32 heavy (non-hydrogen) atoms. The molecule has 2 aliphatic rings. The zero-order chi connectivity index (χ0) is 23.4. The first-order valence-corrected chi connectivity index (χ1v) is 13.0. The molecule has 3 rings (SSSR count). The lowest BCUT2D eigenvalue weighted by Gasteiger charge is -2.33. The van der Waals surface area contributed by atoms with Gasteiger partial charge in [0.15, 0.2) is 0 Å². The van der Waals surface area contributed by atoms with E-state index in [0.717, 1.165) is 25.7 Å². The highest BCUT2D eigenvalue weighted by atomic mass is 32.2. The molecule has 2 fully saturated rings. The molecule has 1 saturated carbocycles. The van der Waals surface area contributed by atoms with Crippen LogP contribution in [0.4, 0.5) is 10.5 Å². The summed E-state index contributed by atoms with van der Waals surface area (Å²) in [5, 5.41) is 5.96. The molecule has 0 unspecified atom stereocenters. The number of anilines is 1. The number of hydrogen-bond acceptors (Lipinski definition) is 4. The molecule has 0 aromatic heterocycles. The van der Waals surface area contributed by atoms with Crippen LogP contribution in [0.5, 0.6) is 0 Å². The predicted octanol–water partition coefficient (Wildman–Crippen LogP) is 3.46. The SMILES string of the molecule is CC(C)(C)S(=O)(=O)NC1CCN(C(=O)Nc2cccc(C(=O)NC3CCCCC3)c2)CC1. The van der Waals surface area contributed by atoms with Crippen LogP contribution >= 0.6 is 0 Å². The number of benzene rings is 1. The summed E-state index contributed by atoms with van der Waals surface area (Å²) >= 11 is 0. The van der Waals surface area contributed by atoms with Gasteiger partial charge in [-0.3, -0.25) is 4.79 Å². The van der Waals surface area contributed by atoms with Gasteiger partial charge in [-0.25, -0.2) is 17.9 Å². The predicted molar refractivity (Wildman–Crippen MR) is 126 cm³/mol. The van der Waals surface area contributed by atoms with Crippen LogP contribution in [0.3, 0.4) is 0 Å². The molecule has 1 saturated heterocycles. The Hall–Kier alpha value is -2.13. The molecule has 9 heteroatoms. The number of rotatable bonds is 5. The van der Waals surface area contributed by atoms with Crippen LogP contribution in [0.25, 0.3) is 0 Å². The fraction of sp³-hybridized carbons (Fsp3) is 0.652. The van der Waals surface area contributed by atoms with Gasteiger partial charge in [0.2, 0.25) is 10.0 Å². The summed E-state index contributed by atoms with van der Waals surface area (Å²) < 4.78 is 26.6. The van der Waals surface area contributed by atoms with Gasteiger partial charge in [0, 0.05) is 36.4 Å². The molecular weight excluding hydrogens is 428 g/mol. The summed E-state index contributed by atoms with van der Waals surface area (Å²) in [6.45, 7) is 5.93. The maximum Gasteiger partial charge on any atom is 0.321 e. The zero-order valence-corrected chi connectivity index (χ0v) is 20.1. The Balaban J connectivity index is 1.51. The number of hydrogen-bond donors (Lipinski definition) is 3. The van der Waals surface area contributed by atoms with Crippen LogP contribution in [0.15, 0.2) is 24.3 Å². The van der Waals surface area contributed by atoms with E-state index in [9.17, 15) is 18.0 Å². The van der Waals surface area contributed by atoms with Crippen LogP contribution in [0, 0.1) is 0 Å². The molecule has 3 amide bonds. The van der Waals surface area contributed by atoms with Gasteiger partial charge >= 0.3 is 6.03 Å². The van der Waals surface area contributed by atoms with Crippen molar-refractivity contribution in [3.63, 3.8) is 0 Å². The number of nitrogens with zero attached hydrogens (tertiary/aromatic N) is 1. The van der Waals surface area contributed by atoms with Crippen LogP contribution < -0.4 is 15.4 Å². The fourth-order valence-corrected chi connectivity index (χ4v) is 5.08. The van der Waals surface area contributed by atoms with Crippen molar-refractivity contribution in [2.45, 2.75) is 82.5 Å². The van der Waals surface area contributed by atoms with Crippen molar-refractivity contribution >= 4 is 27.6 Å². The number of urea groups is 1. The van der Waals surface area contributed by atoms with Crippen LogP contribution in [0.1, 0.15) is 76.1 Å². The first kappa shape index (κ1) is 24.5. The summed E-state index contributed by atoms with van der Waals surface area (Å²) in [5.74, 6) is -0.111. The standard InChI is InChI=1S/C23H36N4O4S/c1-23(2,3)32(30,31)26-19-12-14-27(15-13-19)22(29)25-20-11-7-8-17(16-20)21(28)24-18-9-5-4-6-10-18/h7-8,11,16,18-19,26H,4-6,9-10,12-15H2,1-3H3,(H,24,28)(H,25,29). The lowest BCUT2D eigenvalue weighted by molar-refractivity contribution is 0.0927.